The fourth-order valence-electron chi connectivity index (χ4n) is 2.51. The molecule has 2 heterocycles. The number of imidazole rings is 1. The molecule has 17 heavy (non-hydrogen) atoms. The number of benzene rings is 1. The molecule has 0 aliphatic carbocycles. The van der Waals surface area contributed by atoms with Gasteiger partial charge in [-0.3, -0.25) is 0 Å². The number of hydrogen-bond donors (Lipinski definition) is 1. The van der Waals surface area contributed by atoms with Gasteiger partial charge in [-0.05, 0) is 44.1 Å². The van der Waals surface area contributed by atoms with Gasteiger partial charge in [0, 0.05) is 18.8 Å². The molecule has 1 saturated heterocycles. The molecule has 0 radical (unpaired) electrons. The zero-order chi connectivity index (χ0) is 11.7. The molecule has 0 atom stereocenters. The topological polar surface area (TPSA) is 47.1 Å². The smallest absolute Gasteiger partial charge is 0.0958 e. The molecule has 4 nitrogen and oxygen atoms in total. The molecular formula is C13H18N4. The van der Waals surface area contributed by atoms with Gasteiger partial charge in [0.05, 0.1) is 17.4 Å². The second kappa shape index (κ2) is 4.37. The van der Waals surface area contributed by atoms with E-state index in [9.17, 15) is 0 Å². The quantitative estimate of drug-likeness (QED) is 0.817. The Morgan fingerprint density at radius 1 is 1.18 bits per heavy atom. The van der Waals surface area contributed by atoms with E-state index in [4.69, 9.17) is 5.73 Å². The zero-order valence-corrected chi connectivity index (χ0v) is 9.97. The summed E-state index contributed by atoms with van der Waals surface area (Å²) in [4.78, 5) is 6.91. The molecule has 0 amide bonds. The average molecular weight is 230 g/mol. The number of nitrogens with two attached hydrogens (primary N) is 1. The van der Waals surface area contributed by atoms with Gasteiger partial charge < -0.3 is 15.2 Å². The molecule has 1 aliphatic heterocycles. The van der Waals surface area contributed by atoms with Crippen molar-refractivity contribution in [2.75, 3.05) is 25.4 Å². The molecule has 0 bridgehead atoms. The van der Waals surface area contributed by atoms with Crippen LogP contribution in [0, 0.1) is 0 Å². The van der Waals surface area contributed by atoms with Crippen molar-refractivity contribution in [2.24, 2.45) is 0 Å². The second-order valence-corrected chi connectivity index (χ2v) is 4.73. The van der Waals surface area contributed by atoms with Crippen molar-refractivity contribution < 1.29 is 0 Å². The van der Waals surface area contributed by atoms with E-state index >= 15 is 0 Å². The van der Waals surface area contributed by atoms with E-state index in [1.54, 1.807) is 0 Å². The first-order chi connectivity index (χ1) is 8.33. The third kappa shape index (κ3) is 2.13. The number of fused-ring (bicyclic) bond motifs is 1. The SMILES string of the molecule is Nc1ccc2c(c1)ncn2CCN1CCCC1. The van der Waals surface area contributed by atoms with Crippen LogP contribution < -0.4 is 5.73 Å². The molecule has 0 spiro atoms. The Morgan fingerprint density at radius 2 is 2.00 bits per heavy atom. The standard InChI is InChI=1S/C13H18N4/c14-11-3-4-13-12(9-11)15-10-17(13)8-7-16-5-1-2-6-16/h3-4,9-10H,1-2,5-8,14H2. The zero-order valence-electron chi connectivity index (χ0n) is 9.97. The van der Waals surface area contributed by atoms with Gasteiger partial charge in [-0.1, -0.05) is 0 Å². The molecule has 1 fully saturated rings. The number of hydrogen-bond acceptors (Lipinski definition) is 3. The highest BCUT2D eigenvalue weighted by atomic mass is 15.2. The lowest BCUT2D eigenvalue weighted by Crippen LogP contribution is -2.23. The van der Waals surface area contributed by atoms with Crippen molar-refractivity contribution in [1.29, 1.82) is 0 Å². The maximum absolute atomic E-state index is 5.75. The van der Waals surface area contributed by atoms with E-state index in [1.165, 1.54) is 31.4 Å². The molecule has 1 aliphatic rings. The van der Waals surface area contributed by atoms with Crippen molar-refractivity contribution in [3.05, 3.63) is 24.5 Å². The number of anilines is 1. The Hall–Kier alpha value is -1.55. The summed E-state index contributed by atoms with van der Waals surface area (Å²) in [5.41, 5.74) is 8.70. The summed E-state index contributed by atoms with van der Waals surface area (Å²) in [6.45, 7) is 4.63. The Bertz CT molecular complexity index is 511. The first-order valence-electron chi connectivity index (χ1n) is 6.26. The number of nitrogen functional groups attached to an aromatic ring is 1. The lowest BCUT2D eigenvalue weighted by molar-refractivity contribution is 0.324. The molecule has 0 unspecified atom stereocenters. The summed E-state index contributed by atoms with van der Waals surface area (Å²) >= 11 is 0. The van der Waals surface area contributed by atoms with E-state index in [1.807, 2.05) is 18.5 Å². The molecule has 4 heteroatoms. The Morgan fingerprint density at radius 3 is 2.82 bits per heavy atom. The monoisotopic (exact) mass is 230 g/mol. The van der Waals surface area contributed by atoms with Gasteiger partial charge in [0.1, 0.15) is 0 Å². The van der Waals surface area contributed by atoms with Crippen LogP contribution >= 0.6 is 0 Å². The molecule has 0 saturated carbocycles. The van der Waals surface area contributed by atoms with Crippen LogP contribution in [-0.4, -0.2) is 34.1 Å². The Balaban J connectivity index is 1.76. The minimum absolute atomic E-state index is 0.780. The molecule has 1 aromatic carbocycles. The molecule has 3 rings (SSSR count). The summed E-state index contributed by atoms with van der Waals surface area (Å²) in [5, 5.41) is 0. The molecule has 90 valence electrons. The highest BCUT2D eigenvalue weighted by Crippen LogP contribution is 2.16. The van der Waals surface area contributed by atoms with E-state index in [0.717, 1.165) is 24.3 Å². The van der Waals surface area contributed by atoms with E-state index in [-0.39, 0.29) is 0 Å². The number of aromatic nitrogens is 2. The summed E-state index contributed by atoms with van der Waals surface area (Å²) in [5.74, 6) is 0. The summed E-state index contributed by atoms with van der Waals surface area (Å²) in [6.07, 6.45) is 4.61. The normalized spacial score (nSPS) is 16.9. The van der Waals surface area contributed by atoms with Gasteiger partial charge in [0.25, 0.3) is 0 Å². The highest BCUT2D eigenvalue weighted by molar-refractivity contribution is 5.78. The van der Waals surface area contributed by atoms with Crippen molar-refractivity contribution in [3.8, 4) is 0 Å². The van der Waals surface area contributed by atoms with Crippen LogP contribution in [-0.2, 0) is 6.54 Å². The Labute approximate surface area is 101 Å². The third-order valence-corrected chi connectivity index (χ3v) is 3.50. The van der Waals surface area contributed by atoms with Gasteiger partial charge in [-0.2, -0.15) is 0 Å². The highest BCUT2D eigenvalue weighted by Gasteiger charge is 2.11. The fourth-order valence-corrected chi connectivity index (χ4v) is 2.51. The van der Waals surface area contributed by atoms with Crippen molar-refractivity contribution >= 4 is 16.7 Å². The van der Waals surface area contributed by atoms with Crippen LogP contribution in [0.2, 0.25) is 0 Å². The van der Waals surface area contributed by atoms with E-state index in [2.05, 4.69) is 20.5 Å². The summed E-state index contributed by atoms with van der Waals surface area (Å²) in [6, 6.07) is 5.93. The van der Waals surface area contributed by atoms with E-state index < -0.39 is 0 Å². The van der Waals surface area contributed by atoms with Crippen LogP contribution in [0.1, 0.15) is 12.8 Å². The predicted octanol–water partition coefficient (Wildman–Crippen LogP) is 1.71. The predicted molar refractivity (Wildman–Crippen MR) is 69.8 cm³/mol. The maximum Gasteiger partial charge on any atom is 0.0958 e. The number of nitrogens with zero attached hydrogens (tertiary/aromatic N) is 3. The summed E-state index contributed by atoms with van der Waals surface area (Å²) in [7, 11) is 0. The number of likely N-dealkylation sites (tertiary alicyclic amines) is 1. The van der Waals surface area contributed by atoms with Gasteiger partial charge >= 0.3 is 0 Å². The molecular weight excluding hydrogens is 212 g/mol. The molecule has 2 aromatic rings. The van der Waals surface area contributed by atoms with Gasteiger partial charge in [-0.25, -0.2) is 4.98 Å². The van der Waals surface area contributed by atoms with Crippen LogP contribution in [0.15, 0.2) is 24.5 Å². The largest absolute Gasteiger partial charge is 0.399 e. The van der Waals surface area contributed by atoms with Crippen LogP contribution in [0.5, 0.6) is 0 Å². The van der Waals surface area contributed by atoms with Crippen molar-refractivity contribution in [3.63, 3.8) is 0 Å². The van der Waals surface area contributed by atoms with E-state index in [0.29, 0.717) is 0 Å². The van der Waals surface area contributed by atoms with Gasteiger partial charge in [0.2, 0.25) is 0 Å². The maximum atomic E-state index is 5.75. The fraction of sp³-hybridized carbons (Fsp3) is 0.462. The summed E-state index contributed by atoms with van der Waals surface area (Å²) < 4.78 is 2.22. The molecule has 2 N–H and O–H groups in total. The van der Waals surface area contributed by atoms with Crippen molar-refractivity contribution in [2.45, 2.75) is 19.4 Å². The lowest BCUT2D eigenvalue weighted by Gasteiger charge is -2.14. The average Bonchev–Trinajstić information content (AvgIpc) is 2.94. The minimum Gasteiger partial charge on any atom is -0.399 e. The van der Waals surface area contributed by atoms with Gasteiger partial charge in [-0.15, -0.1) is 0 Å². The lowest BCUT2D eigenvalue weighted by atomic mass is 10.3. The molecule has 1 aromatic heterocycles. The second-order valence-electron chi connectivity index (χ2n) is 4.73. The van der Waals surface area contributed by atoms with Crippen LogP contribution in [0.3, 0.4) is 0 Å². The van der Waals surface area contributed by atoms with Crippen LogP contribution in [0.25, 0.3) is 11.0 Å². The third-order valence-electron chi connectivity index (χ3n) is 3.50. The Kier molecular flexibility index (Phi) is 2.73. The van der Waals surface area contributed by atoms with Crippen LogP contribution in [0.4, 0.5) is 5.69 Å². The number of rotatable bonds is 3. The van der Waals surface area contributed by atoms with Crippen molar-refractivity contribution in [1.82, 2.24) is 14.5 Å². The minimum atomic E-state index is 0.780. The van der Waals surface area contributed by atoms with Gasteiger partial charge in [0.15, 0.2) is 0 Å². The first kappa shape index (κ1) is 10.6. The first-order valence-corrected chi connectivity index (χ1v) is 6.26.